The van der Waals surface area contributed by atoms with Crippen molar-refractivity contribution in [3.8, 4) is 5.75 Å². The molecule has 0 aliphatic carbocycles. The Bertz CT molecular complexity index is 1060. The molecule has 2 aromatic heterocycles. The van der Waals surface area contributed by atoms with Gasteiger partial charge in [-0.3, -0.25) is 5.10 Å². The number of aliphatic hydroxyl groups excluding tert-OH is 1. The lowest BCUT2D eigenvalue weighted by Gasteiger charge is -2.12. The number of aliphatic hydroxyl groups is 1. The number of aromatic nitrogens is 4. The van der Waals surface area contributed by atoms with E-state index in [2.05, 4.69) is 25.5 Å². The molecule has 3 rings (SSSR count). The van der Waals surface area contributed by atoms with E-state index in [1.807, 2.05) is 13.8 Å². The molecule has 138 valence electrons. The molecule has 3 N–H and O–H groups in total. The molecule has 9 nitrogen and oxygen atoms in total. The number of nitrogens with one attached hydrogen (secondary N) is 2. The molecule has 0 saturated carbocycles. The van der Waals surface area contributed by atoms with Crippen LogP contribution in [0.25, 0.3) is 10.9 Å². The predicted molar refractivity (Wildman–Crippen MR) is 96.6 cm³/mol. The highest BCUT2D eigenvalue weighted by molar-refractivity contribution is 7.91. The molecule has 0 spiro atoms. The number of H-pyrrole nitrogens is 1. The van der Waals surface area contributed by atoms with Crippen molar-refractivity contribution in [1.82, 2.24) is 20.2 Å². The minimum Gasteiger partial charge on any atom is -0.495 e. The van der Waals surface area contributed by atoms with E-state index in [0.717, 1.165) is 11.3 Å². The summed E-state index contributed by atoms with van der Waals surface area (Å²) < 4.78 is 30.1. The summed E-state index contributed by atoms with van der Waals surface area (Å²) in [7, 11) is -2.33. The Morgan fingerprint density at radius 2 is 2.00 bits per heavy atom. The summed E-state index contributed by atoms with van der Waals surface area (Å²) in [5.74, 6) is 0.788. The largest absolute Gasteiger partial charge is 0.495 e. The number of aromatic amines is 1. The van der Waals surface area contributed by atoms with Crippen LogP contribution in [0.2, 0.25) is 0 Å². The Kier molecular flexibility index (Phi) is 4.79. The molecule has 0 radical (unpaired) electrons. The second-order valence-corrected chi connectivity index (χ2v) is 7.81. The van der Waals surface area contributed by atoms with E-state index in [-0.39, 0.29) is 10.6 Å². The number of anilines is 2. The zero-order chi connectivity index (χ0) is 18.9. The van der Waals surface area contributed by atoms with Gasteiger partial charge < -0.3 is 15.2 Å². The van der Waals surface area contributed by atoms with Gasteiger partial charge in [0.05, 0.1) is 25.0 Å². The average Bonchev–Trinajstić information content (AvgIpc) is 2.93. The van der Waals surface area contributed by atoms with Crippen LogP contribution in [-0.4, -0.2) is 53.2 Å². The molecule has 0 aliphatic rings. The second kappa shape index (κ2) is 6.89. The van der Waals surface area contributed by atoms with Crippen molar-refractivity contribution in [3.63, 3.8) is 0 Å². The van der Waals surface area contributed by atoms with Gasteiger partial charge in [-0.1, -0.05) is 0 Å². The number of sulfone groups is 1. The number of methoxy groups -OCH3 is 1. The van der Waals surface area contributed by atoms with Crippen molar-refractivity contribution in [3.05, 3.63) is 29.7 Å². The monoisotopic (exact) mass is 377 g/mol. The SMILES string of the molecule is COc1cc2ncnc(Nc3n[nH]c(C)c3C)c2cc1S(=O)(=O)CCO. The number of rotatable bonds is 6. The van der Waals surface area contributed by atoms with Crippen LogP contribution in [0.15, 0.2) is 23.4 Å². The minimum absolute atomic E-state index is 0.0191. The number of aryl methyl sites for hydroxylation is 1. The molecule has 0 saturated heterocycles. The lowest BCUT2D eigenvalue weighted by atomic mass is 10.2. The molecule has 10 heteroatoms. The lowest BCUT2D eigenvalue weighted by molar-refractivity contribution is 0.319. The van der Waals surface area contributed by atoms with Gasteiger partial charge in [0.25, 0.3) is 0 Å². The molecule has 0 atom stereocenters. The summed E-state index contributed by atoms with van der Waals surface area (Å²) in [6, 6.07) is 2.99. The quantitative estimate of drug-likeness (QED) is 0.589. The van der Waals surface area contributed by atoms with Crippen molar-refractivity contribution >= 4 is 32.4 Å². The van der Waals surface area contributed by atoms with Crippen LogP contribution in [-0.2, 0) is 9.84 Å². The van der Waals surface area contributed by atoms with Gasteiger partial charge in [0.1, 0.15) is 22.8 Å². The van der Waals surface area contributed by atoms with E-state index in [1.165, 1.54) is 25.6 Å². The Balaban J connectivity index is 2.18. The van der Waals surface area contributed by atoms with E-state index in [4.69, 9.17) is 9.84 Å². The highest BCUT2D eigenvalue weighted by atomic mass is 32.2. The summed E-state index contributed by atoms with van der Waals surface area (Å²) in [5.41, 5.74) is 2.37. The number of ether oxygens (including phenoxy) is 1. The van der Waals surface area contributed by atoms with E-state index in [0.29, 0.717) is 22.5 Å². The Morgan fingerprint density at radius 3 is 2.62 bits per heavy atom. The van der Waals surface area contributed by atoms with Crippen LogP contribution >= 0.6 is 0 Å². The zero-order valence-electron chi connectivity index (χ0n) is 14.6. The van der Waals surface area contributed by atoms with Crippen molar-refractivity contribution in [2.75, 3.05) is 24.8 Å². The summed E-state index contributed by atoms with van der Waals surface area (Å²) in [6.07, 6.45) is 1.38. The maximum absolute atomic E-state index is 12.5. The summed E-state index contributed by atoms with van der Waals surface area (Å²) >= 11 is 0. The van der Waals surface area contributed by atoms with Crippen molar-refractivity contribution < 1.29 is 18.3 Å². The van der Waals surface area contributed by atoms with Crippen LogP contribution in [0.4, 0.5) is 11.6 Å². The fraction of sp³-hybridized carbons (Fsp3) is 0.312. The summed E-state index contributed by atoms with van der Waals surface area (Å²) in [6.45, 7) is 3.33. The third kappa shape index (κ3) is 3.20. The molecule has 1 aromatic carbocycles. The van der Waals surface area contributed by atoms with Crippen molar-refractivity contribution in [2.45, 2.75) is 18.7 Å². The first-order chi connectivity index (χ1) is 12.4. The predicted octanol–water partition coefficient (Wildman–Crippen LogP) is 1.49. The molecule has 2 heterocycles. The van der Waals surface area contributed by atoms with Gasteiger partial charge >= 0.3 is 0 Å². The lowest BCUT2D eigenvalue weighted by Crippen LogP contribution is -2.11. The smallest absolute Gasteiger partial charge is 0.184 e. The highest BCUT2D eigenvalue weighted by Gasteiger charge is 2.22. The maximum Gasteiger partial charge on any atom is 0.184 e. The second-order valence-electron chi connectivity index (χ2n) is 5.73. The molecule has 0 bridgehead atoms. The van der Waals surface area contributed by atoms with Crippen LogP contribution < -0.4 is 10.1 Å². The Labute approximate surface area is 150 Å². The number of hydrogen-bond acceptors (Lipinski definition) is 8. The first kappa shape index (κ1) is 18.1. The fourth-order valence-electron chi connectivity index (χ4n) is 2.52. The van der Waals surface area contributed by atoms with Gasteiger partial charge in [-0.2, -0.15) is 5.10 Å². The highest BCUT2D eigenvalue weighted by Crippen LogP contribution is 2.33. The maximum atomic E-state index is 12.5. The number of nitrogens with zero attached hydrogens (tertiary/aromatic N) is 3. The van der Waals surface area contributed by atoms with E-state index in [1.54, 1.807) is 0 Å². The van der Waals surface area contributed by atoms with Gasteiger partial charge in [0.15, 0.2) is 15.7 Å². The summed E-state index contributed by atoms with van der Waals surface area (Å²) in [5, 5.41) is 19.7. The van der Waals surface area contributed by atoms with Gasteiger partial charge in [-0.25, -0.2) is 18.4 Å². The van der Waals surface area contributed by atoms with Gasteiger partial charge in [-0.05, 0) is 19.9 Å². The molecule has 26 heavy (non-hydrogen) atoms. The molecule has 0 aliphatic heterocycles. The molecule has 0 amide bonds. The molecule has 3 aromatic rings. The molecule has 0 unspecified atom stereocenters. The Morgan fingerprint density at radius 1 is 1.23 bits per heavy atom. The molecular weight excluding hydrogens is 358 g/mol. The Hall–Kier alpha value is -2.72. The average molecular weight is 377 g/mol. The van der Waals surface area contributed by atoms with Crippen molar-refractivity contribution in [1.29, 1.82) is 0 Å². The zero-order valence-corrected chi connectivity index (χ0v) is 15.4. The van der Waals surface area contributed by atoms with E-state index in [9.17, 15) is 8.42 Å². The van der Waals surface area contributed by atoms with Gasteiger partial charge in [-0.15, -0.1) is 0 Å². The minimum atomic E-state index is -3.72. The summed E-state index contributed by atoms with van der Waals surface area (Å²) in [4.78, 5) is 8.38. The standard InChI is InChI=1S/C16H19N5O4S/c1-9-10(2)20-21-15(9)19-16-11-6-14(26(23,24)5-4-22)13(25-3)7-12(11)17-8-18-16/h6-8,22H,4-5H2,1-3H3,(H2,17,18,19,20,21). The third-order valence-corrected chi connectivity index (χ3v) is 5.81. The van der Waals surface area contributed by atoms with Crippen LogP contribution in [0.3, 0.4) is 0 Å². The van der Waals surface area contributed by atoms with Crippen LogP contribution in [0.5, 0.6) is 5.75 Å². The van der Waals surface area contributed by atoms with E-state index < -0.39 is 22.2 Å². The van der Waals surface area contributed by atoms with E-state index >= 15 is 0 Å². The van der Waals surface area contributed by atoms with Crippen molar-refractivity contribution in [2.24, 2.45) is 0 Å². The molecular formula is C16H19N5O4S. The molecule has 0 fully saturated rings. The normalized spacial score (nSPS) is 11.7. The topological polar surface area (TPSA) is 130 Å². The number of hydrogen-bond donors (Lipinski definition) is 3. The van der Waals surface area contributed by atoms with Crippen LogP contribution in [0.1, 0.15) is 11.3 Å². The van der Waals surface area contributed by atoms with Gasteiger partial charge in [0.2, 0.25) is 0 Å². The third-order valence-electron chi connectivity index (χ3n) is 4.11. The van der Waals surface area contributed by atoms with Gasteiger partial charge in [0, 0.05) is 22.7 Å². The first-order valence-corrected chi connectivity index (χ1v) is 9.47. The number of fused-ring (bicyclic) bond motifs is 1. The number of benzene rings is 1. The first-order valence-electron chi connectivity index (χ1n) is 7.82. The fourth-order valence-corrected chi connectivity index (χ4v) is 3.72. The van der Waals surface area contributed by atoms with Crippen LogP contribution in [0, 0.1) is 13.8 Å².